The maximum Gasteiger partial charge on any atom is 0.273 e. The second kappa shape index (κ2) is 11.0. The van der Waals surface area contributed by atoms with Gasteiger partial charge in [-0.3, -0.25) is 9.69 Å². The van der Waals surface area contributed by atoms with E-state index in [9.17, 15) is 4.79 Å². The number of amides is 1. The lowest BCUT2D eigenvalue weighted by molar-refractivity contribution is 0.0934. The van der Waals surface area contributed by atoms with E-state index in [1.54, 1.807) is 7.11 Å². The standard InChI is InChI=1S/C26H33N3O3/c1-18(2)20(4)29(15-21-10-9-13-23(14-21)31-5)16-25-28-24(17-32-25)26(30)27-19(3)22-11-7-6-8-12-22/h6-14,17-20H,15-16H2,1-5H3,(H,27,30)/t19-,20+/m1/s1. The van der Waals surface area contributed by atoms with Gasteiger partial charge < -0.3 is 14.5 Å². The highest BCUT2D eigenvalue weighted by atomic mass is 16.5. The van der Waals surface area contributed by atoms with Crippen molar-refractivity contribution >= 4 is 5.91 Å². The molecule has 0 saturated heterocycles. The van der Waals surface area contributed by atoms with Crippen molar-refractivity contribution in [2.45, 2.75) is 52.9 Å². The number of carbonyl (C=O) groups is 1. The normalized spacial score (nSPS) is 13.2. The largest absolute Gasteiger partial charge is 0.497 e. The smallest absolute Gasteiger partial charge is 0.273 e. The first-order chi connectivity index (χ1) is 15.4. The van der Waals surface area contributed by atoms with Crippen LogP contribution in [0.4, 0.5) is 0 Å². The summed E-state index contributed by atoms with van der Waals surface area (Å²) < 4.78 is 11.0. The Hall–Kier alpha value is -3.12. The van der Waals surface area contributed by atoms with Crippen LogP contribution in [0.1, 0.15) is 61.2 Å². The molecule has 2 atom stereocenters. The Morgan fingerprint density at radius 2 is 1.81 bits per heavy atom. The number of hydrogen-bond donors (Lipinski definition) is 1. The Balaban J connectivity index is 1.69. The number of nitrogens with one attached hydrogen (secondary N) is 1. The number of nitrogens with zero attached hydrogens (tertiary/aromatic N) is 2. The Morgan fingerprint density at radius 1 is 1.06 bits per heavy atom. The van der Waals surface area contributed by atoms with Crippen molar-refractivity contribution in [2.75, 3.05) is 7.11 Å². The monoisotopic (exact) mass is 435 g/mol. The lowest BCUT2D eigenvalue weighted by Crippen LogP contribution is -2.36. The summed E-state index contributed by atoms with van der Waals surface area (Å²) in [6, 6.07) is 18.1. The Kier molecular flexibility index (Phi) is 8.06. The van der Waals surface area contributed by atoms with Gasteiger partial charge in [0, 0.05) is 12.6 Å². The topological polar surface area (TPSA) is 67.6 Å². The van der Waals surface area contributed by atoms with Crippen molar-refractivity contribution in [1.29, 1.82) is 0 Å². The summed E-state index contributed by atoms with van der Waals surface area (Å²) in [5.74, 6) is 1.57. The zero-order valence-corrected chi connectivity index (χ0v) is 19.5. The molecule has 32 heavy (non-hydrogen) atoms. The quantitative estimate of drug-likeness (QED) is 0.473. The van der Waals surface area contributed by atoms with Crippen LogP contribution < -0.4 is 10.1 Å². The van der Waals surface area contributed by atoms with E-state index < -0.39 is 0 Å². The second-order valence-corrected chi connectivity index (χ2v) is 8.47. The molecule has 0 fully saturated rings. The molecule has 2 aromatic carbocycles. The number of hydrogen-bond acceptors (Lipinski definition) is 5. The van der Waals surface area contributed by atoms with Crippen LogP contribution in [0.2, 0.25) is 0 Å². The van der Waals surface area contributed by atoms with E-state index in [0.29, 0.717) is 30.1 Å². The molecule has 0 aliphatic rings. The zero-order valence-electron chi connectivity index (χ0n) is 19.5. The van der Waals surface area contributed by atoms with Gasteiger partial charge in [0.15, 0.2) is 5.69 Å². The van der Waals surface area contributed by atoms with E-state index in [2.05, 4.69) is 42.0 Å². The predicted octanol–water partition coefficient (Wildman–Crippen LogP) is 5.22. The number of ether oxygens (including phenoxy) is 1. The minimum Gasteiger partial charge on any atom is -0.497 e. The fourth-order valence-electron chi connectivity index (χ4n) is 3.53. The molecule has 0 aliphatic carbocycles. The molecule has 0 radical (unpaired) electrons. The Labute approximate surface area is 190 Å². The maximum atomic E-state index is 12.7. The van der Waals surface area contributed by atoms with Gasteiger partial charge in [0.2, 0.25) is 5.89 Å². The van der Waals surface area contributed by atoms with E-state index >= 15 is 0 Å². The Bertz CT molecular complexity index is 1000. The maximum absolute atomic E-state index is 12.7. The average Bonchev–Trinajstić information content (AvgIpc) is 3.27. The molecule has 3 aromatic rings. The third kappa shape index (κ3) is 6.20. The third-order valence-corrected chi connectivity index (χ3v) is 5.83. The van der Waals surface area contributed by atoms with Crippen LogP contribution in [-0.2, 0) is 13.1 Å². The van der Waals surface area contributed by atoms with Gasteiger partial charge in [-0.05, 0) is 43.0 Å². The SMILES string of the molecule is COc1cccc(CN(Cc2nc(C(=O)N[C@H](C)c3ccccc3)co2)[C@@H](C)C(C)C)c1. The highest BCUT2D eigenvalue weighted by Crippen LogP contribution is 2.21. The molecule has 6 nitrogen and oxygen atoms in total. The molecule has 0 unspecified atom stereocenters. The van der Waals surface area contributed by atoms with Gasteiger partial charge in [-0.15, -0.1) is 0 Å². The van der Waals surface area contributed by atoms with Gasteiger partial charge in [0.25, 0.3) is 5.91 Å². The van der Waals surface area contributed by atoms with Crippen molar-refractivity contribution in [3.05, 3.63) is 83.6 Å². The van der Waals surface area contributed by atoms with Gasteiger partial charge in [0.1, 0.15) is 12.0 Å². The molecule has 0 spiro atoms. The highest BCUT2D eigenvalue weighted by Gasteiger charge is 2.22. The first kappa shape index (κ1) is 23.5. The minimum atomic E-state index is -0.243. The molecule has 1 N–H and O–H groups in total. The van der Waals surface area contributed by atoms with Gasteiger partial charge in [0.05, 0.1) is 19.7 Å². The second-order valence-electron chi connectivity index (χ2n) is 8.47. The van der Waals surface area contributed by atoms with E-state index in [1.807, 2.05) is 55.5 Å². The number of rotatable bonds is 10. The van der Waals surface area contributed by atoms with Gasteiger partial charge >= 0.3 is 0 Å². The van der Waals surface area contributed by atoms with Crippen LogP contribution in [0.25, 0.3) is 0 Å². The van der Waals surface area contributed by atoms with Crippen molar-refractivity contribution in [3.8, 4) is 5.75 Å². The van der Waals surface area contributed by atoms with Crippen LogP contribution in [0.15, 0.2) is 65.3 Å². The summed E-state index contributed by atoms with van der Waals surface area (Å²) in [6.07, 6.45) is 1.44. The first-order valence-corrected chi connectivity index (χ1v) is 11.0. The number of aromatic nitrogens is 1. The summed E-state index contributed by atoms with van der Waals surface area (Å²) in [5.41, 5.74) is 2.49. The van der Waals surface area contributed by atoms with E-state index in [-0.39, 0.29) is 11.9 Å². The van der Waals surface area contributed by atoms with E-state index in [1.165, 1.54) is 6.26 Å². The fourth-order valence-corrected chi connectivity index (χ4v) is 3.53. The molecule has 0 bridgehead atoms. The van der Waals surface area contributed by atoms with Crippen LogP contribution in [-0.4, -0.2) is 28.9 Å². The molecule has 170 valence electrons. The summed E-state index contributed by atoms with van der Waals surface area (Å²) >= 11 is 0. The van der Waals surface area contributed by atoms with Crippen molar-refractivity contribution < 1.29 is 13.9 Å². The first-order valence-electron chi connectivity index (χ1n) is 11.0. The van der Waals surface area contributed by atoms with E-state index in [0.717, 1.165) is 23.4 Å². The molecule has 0 saturated carbocycles. The molecule has 6 heteroatoms. The molecule has 1 amide bonds. The summed E-state index contributed by atoms with van der Waals surface area (Å²) in [4.78, 5) is 19.4. The van der Waals surface area contributed by atoms with Crippen molar-refractivity contribution in [2.24, 2.45) is 5.92 Å². The van der Waals surface area contributed by atoms with Gasteiger partial charge in [-0.2, -0.15) is 0 Å². The molecular formula is C26H33N3O3. The molecule has 3 rings (SSSR count). The van der Waals surface area contributed by atoms with Crippen LogP contribution in [0.3, 0.4) is 0 Å². The molecule has 0 aliphatic heterocycles. The lowest BCUT2D eigenvalue weighted by Gasteiger charge is -2.30. The van der Waals surface area contributed by atoms with Crippen LogP contribution >= 0.6 is 0 Å². The Morgan fingerprint density at radius 3 is 2.50 bits per heavy atom. The summed E-state index contributed by atoms with van der Waals surface area (Å²) in [5, 5.41) is 2.98. The predicted molar refractivity (Wildman–Crippen MR) is 125 cm³/mol. The number of oxazole rings is 1. The van der Waals surface area contributed by atoms with Gasteiger partial charge in [-0.25, -0.2) is 4.98 Å². The third-order valence-electron chi connectivity index (χ3n) is 5.83. The molecule has 1 heterocycles. The minimum absolute atomic E-state index is 0.116. The fraction of sp³-hybridized carbons (Fsp3) is 0.385. The number of benzene rings is 2. The van der Waals surface area contributed by atoms with E-state index in [4.69, 9.17) is 9.15 Å². The molecule has 1 aromatic heterocycles. The average molecular weight is 436 g/mol. The highest BCUT2D eigenvalue weighted by molar-refractivity contribution is 5.92. The molecular weight excluding hydrogens is 402 g/mol. The van der Waals surface area contributed by atoms with Crippen molar-refractivity contribution in [3.63, 3.8) is 0 Å². The number of methoxy groups -OCH3 is 1. The van der Waals surface area contributed by atoms with Gasteiger partial charge in [-0.1, -0.05) is 56.3 Å². The number of carbonyl (C=O) groups excluding carboxylic acids is 1. The van der Waals surface area contributed by atoms with Crippen molar-refractivity contribution in [1.82, 2.24) is 15.2 Å². The zero-order chi connectivity index (χ0) is 23.1. The van der Waals surface area contributed by atoms with Crippen LogP contribution in [0, 0.1) is 5.92 Å². The van der Waals surface area contributed by atoms with Crippen LogP contribution in [0.5, 0.6) is 5.75 Å². The summed E-state index contributed by atoms with van der Waals surface area (Å²) in [7, 11) is 1.67. The lowest BCUT2D eigenvalue weighted by atomic mass is 10.0. The summed E-state index contributed by atoms with van der Waals surface area (Å²) in [6.45, 7) is 9.78.